The Labute approximate surface area is 157 Å². The Kier molecular flexibility index (Phi) is 5.35. The Morgan fingerprint density at radius 1 is 0.885 bits per heavy atom. The van der Waals surface area contributed by atoms with E-state index in [1.807, 2.05) is 24.3 Å². The second-order valence-corrected chi connectivity index (χ2v) is 7.58. The molecule has 0 spiro atoms. The van der Waals surface area contributed by atoms with Gasteiger partial charge in [0.05, 0.1) is 17.7 Å². The molecule has 0 fully saturated rings. The highest BCUT2D eigenvalue weighted by atomic mass is 35.5. The summed E-state index contributed by atoms with van der Waals surface area (Å²) >= 11 is 5.87. The number of rotatable bonds is 6. The van der Waals surface area contributed by atoms with Gasteiger partial charge in [-0.3, -0.25) is 4.72 Å². The highest BCUT2D eigenvalue weighted by Gasteiger charge is 2.14. The molecule has 7 heteroatoms. The van der Waals surface area contributed by atoms with E-state index in [1.165, 1.54) is 12.1 Å². The average Bonchev–Trinajstić information content (AvgIpc) is 2.63. The molecule has 3 aromatic rings. The Hall–Kier alpha value is -2.70. The fourth-order valence-corrected chi connectivity index (χ4v) is 3.73. The number of ether oxygens (including phenoxy) is 1. The molecule has 2 N–H and O–H groups in total. The number of para-hydroxylation sites is 2. The third-order valence-corrected chi connectivity index (χ3v) is 5.24. The lowest BCUT2D eigenvalue weighted by atomic mass is 10.2. The maximum atomic E-state index is 12.4. The summed E-state index contributed by atoms with van der Waals surface area (Å²) in [7, 11) is -2.09. The van der Waals surface area contributed by atoms with E-state index in [0.717, 1.165) is 17.1 Å². The summed E-state index contributed by atoms with van der Waals surface area (Å²) in [4.78, 5) is 0.112. The minimum absolute atomic E-state index is 0.112. The fraction of sp³-hybridized carbons (Fsp3) is 0.0526. The van der Waals surface area contributed by atoms with Crippen LogP contribution in [0.15, 0.2) is 77.7 Å². The van der Waals surface area contributed by atoms with Gasteiger partial charge in [0.25, 0.3) is 10.0 Å². The Morgan fingerprint density at radius 2 is 1.58 bits per heavy atom. The molecular weight excluding hydrogens is 372 g/mol. The summed E-state index contributed by atoms with van der Waals surface area (Å²) in [6.07, 6.45) is 0. The van der Waals surface area contributed by atoms with Crippen molar-refractivity contribution in [2.45, 2.75) is 4.90 Å². The summed E-state index contributed by atoms with van der Waals surface area (Å²) < 4.78 is 32.7. The number of anilines is 3. The molecule has 0 atom stereocenters. The molecule has 0 bridgehead atoms. The Bertz CT molecular complexity index is 1010. The van der Waals surface area contributed by atoms with E-state index in [4.69, 9.17) is 16.3 Å². The highest BCUT2D eigenvalue weighted by Crippen LogP contribution is 2.28. The van der Waals surface area contributed by atoms with Gasteiger partial charge in [0.1, 0.15) is 5.75 Å². The van der Waals surface area contributed by atoms with E-state index in [9.17, 15) is 8.42 Å². The van der Waals surface area contributed by atoms with Crippen LogP contribution in [0.3, 0.4) is 0 Å². The SMILES string of the molecule is COc1ccccc1Nc1ccc(NS(=O)(=O)c2cccc(Cl)c2)cc1. The van der Waals surface area contributed by atoms with Crippen molar-refractivity contribution in [2.24, 2.45) is 0 Å². The van der Waals surface area contributed by atoms with Gasteiger partial charge in [-0.15, -0.1) is 0 Å². The quantitative estimate of drug-likeness (QED) is 0.630. The van der Waals surface area contributed by atoms with Crippen LogP contribution in [0.1, 0.15) is 0 Å². The van der Waals surface area contributed by atoms with Crippen LogP contribution in [-0.4, -0.2) is 15.5 Å². The molecule has 0 aliphatic rings. The molecule has 0 heterocycles. The summed E-state index contributed by atoms with van der Waals surface area (Å²) in [6, 6.07) is 20.6. The Morgan fingerprint density at radius 3 is 2.27 bits per heavy atom. The summed E-state index contributed by atoms with van der Waals surface area (Å²) in [5.41, 5.74) is 2.08. The first kappa shape index (κ1) is 18.1. The van der Waals surface area contributed by atoms with Crippen LogP contribution in [0.5, 0.6) is 5.75 Å². The number of nitrogens with one attached hydrogen (secondary N) is 2. The van der Waals surface area contributed by atoms with Gasteiger partial charge in [-0.1, -0.05) is 29.8 Å². The molecule has 0 amide bonds. The molecule has 0 aromatic heterocycles. The van der Waals surface area contributed by atoms with Crippen molar-refractivity contribution in [3.05, 3.63) is 77.8 Å². The number of hydrogen-bond donors (Lipinski definition) is 2. The fourth-order valence-electron chi connectivity index (χ4n) is 2.37. The molecular formula is C19H17ClN2O3S. The van der Waals surface area contributed by atoms with E-state index in [2.05, 4.69) is 10.0 Å². The molecule has 3 rings (SSSR count). The standard InChI is InChI=1S/C19H17ClN2O3S/c1-25-19-8-3-2-7-18(19)21-15-9-11-16(12-10-15)22-26(23,24)17-6-4-5-14(20)13-17/h2-13,21-22H,1H3. The normalized spacial score (nSPS) is 11.0. The zero-order chi connectivity index (χ0) is 18.6. The van der Waals surface area contributed by atoms with Gasteiger partial charge in [0.2, 0.25) is 0 Å². The van der Waals surface area contributed by atoms with Crippen molar-refractivity contribution < 1.29 is 13.2 Å². The topological polar surface area (TPSA) is 67.4 Å². The van der Waals surface area contributed by atoms with Crippen LogP contribution in [0, 0.1) is 0 Å². The van der Waals surface area contributed by atoms with Crippen LogP contribution >= 0.6 is 11.6 Å². The average molecular weight is 389 g/mol. The Balaban J connectivity index is 1.75. The summed E-state index contributed by atoms with van der Waals surface area (Å²) in [5.74, 6) is 0.721. The molecule has 134 valence electrons. The molecule has 26 heavy (non-hydrogen) atoms. The lowest BCUT2D eigenvalue weighted by molar-refractivity contribution is 0.417. The minimum Gasteiger partial charge on any atom is -0.495 e. The zero-order valence-corrected chi connectivity index (χ0v) is 15.5. The third-order valence-electron chi connectivity index (χ3n) is 3.63. The first-order valence-corrected chi connectivity index (χ1v) is 9.62. The first-order valence-electron chi connectivity index (χ1n) is 7.76. The number of benzene rings is 3. The summed E-state index contributed by atoms with van der Waals surface area (Å²) in [6.45, 7) is 0. The van der Waals surface area contributed by atoms with Gasteiger partial charge in [-0.05, 0) is 54.6 Å². The van der Waals surface area contributed by atoms with Crippen LogP contribution in [0.4, 0.5) is 17.1 Å². The number of methoxy groups -OCH3 is 1. The monoisotopic (exact) mass is 388 g/mol. The minimum atomic E-state index is -3.69. The largest absolute Gasteiger partial charge is 0.495 e. The molecule has 0 aliphatic carbocycles. The first-order chi connectivity index (χ1) is 12.5. The lowest BCUT2D eigenvalue weighted by Crippen LogP contribution is -2.12. The predicted octanol–water partition coefficient (Wildman–Crippen LogP) is 4.89. The highest BCUT2D eigenvalue weighted by molar-refractivity contribution is 7.92. The van der Waals surface area contributed by atoms with Gasteiger partial charge in [0.15, 0.2) is 0 Å². The van der Waals surface area contributed by atoms with E-state index >= 15 is 0 Å². The van der Waals surface area contributed by atoms with Crippen molar-refractivity contribution >= 4 is 38.7 Å². The number of sulfonamides is 1. The van der Waals surface area contributed by atoms with Crippen molar-refractivity contribution in [2.75, 3.05) is 17.1 Å². The van der Waals surface area contributed by atoms with Gasteiger partial charge in [-0.25, -0.2) is 8.42 Å². The van der Waals surface area contributed by atoms with Gasteiger partial charge < -0.3 is 10.1 Å². The predicted molar refractivity (Wildman–Crippen MR) is 105 cm³/mol. The zero-order valence-electron chi connectivity index (χ0n) is 13.9. The van der Waals surface area contributed by atoms with Crippen LogP contribution in [0.2, 0.25) is 5.02 Å². The maximum absolute atomic E-state index is 12.4. The maximum Gasteiger partial charge on any atom is 0.261 e. The van der Waals surface area contributed by atoms with Crippen molar-refractivity contribution in [1.82, 2.24) is 0 Å². The second-order valence-electron chi connectivity index (χ2n) is 5.47. The molecule has 0 aliphatic heterocycles. The van der Waals surface area contributed by atoms with Crippen LogP contribution in [0.25, 0.3) is 0 Å². The van der Waals surface area contributed by atoms with E-state index in [1.54, 1.807) is 43.5 Å². The number of hydrogen-bond acceptors (Lipinski definition) is 4. The third kappa shape index (κ3) is 4.28. The van der Waals surface area contributed by atoms with Crippen molar-refractivity contribution in [1.29, 1.82) is 0 Å². The smallest absolute Gasteiger partial charge is 0.261 e. The van der Waals surface area contributed by atoms with E-state index in [0.29, 0.717) is 10.7 Å². The molecule has 0 radical (unpaired) electrons. The molecule has 5 nitrogen and oxygen atoms in total. The summed E-state index contributed by atoms with van der Waals surface area (Å²) in [5, 5.41) is 3.60. The number of halogens is 1. The van der Waals surface area contributed by atoms with Gasteiger partial charge >= 0.3 is 0 Å². The van der Waals surface area contributed by atoms with Crippen molar-refractivity contribution in [3.63, 3.8) is 0 Å². The molecule has 0 unspecified atom stereocenters. The lowest BCUT2D eigenvalue weighted by Gasteiger charge is -2.12. The molecule has 0 saturated carbocycles. The van der Waals surface area contributed by atoms with Crippen LogP contribution in [-0.2, 0) is 10.0 Å². The van der Waals surface area contributed by atoms with Gasteiger partial charge in [-0.2, -0.15) is 0 Å². The molecule has 3 aromatic carbocycles. The van der Waals surface area contributed by atoms with Crippen LogP contribution < -0.4 is 14.8 Å². The van der Waals surface area contributed by atoms with E-state index < -0.39 is 10.0 Å². The molecule has 0 saturated heterocycles. The van der Waals surface area contributed by atoms with E-state index in [-0.39, 0.29) is 4.90 Å². The van der Waals surface area contributed by atoms with Crippen molar-refractivity contribution in [3.8, 4) is 5.75 Å². The second kappa shape index (κ2) is 7.68. The van der Waals surface area contributed by atoms with Gasteiger partial charge in [0, 0.05) is 16.4 Å².